The number of hydrazine groups is 1. The normalized spacial score (nSPS) is 20.9. The number of hydrogen-bond acceptors (Lipinski definition) is 4. The summed E-state index contributed by atoms with van der Waals surface area (Å²) in [6.07, 6.45) is 3.95. The van der Waals surface area contributed by atoms with E-state index in [9.17, 15) is 0 Å². The summed E-state index contributed by atoms with van der Waals surface area (Å²) in [5.74, 6) is 5.72. The van der Waals surface area contributed by atoms with E-state index in [1.54, 1.807) is 0 Å². The van der Waals surface area contributed by atoms with Crippen molar-refractivity contribution in [2.24, 2.45) is 17.5 Å². The molecule has 0 atom stereocenters. The van der Waals surface area contributed by atoms with Crippen LogP contribution in [0.15, 0.2) is 11.9 Å². The van der Waals surface area contributed by atoms with E-state index in [4.69, 9.17) is 11.6 Å². The molecule has 0 aromatic heterocycles. The number of hydrogen-bond donors (Lipinski definition) is 4. The van der Waals surface area contributed by atoms with Gasteiger partial charge >= 0.3 is 0 Å². The Labute approximate surface area is 73.3 Å². The molecule has 4 nitrogen and oxygen atoms in total. The Kier molecular flexibility index (Phi) is 2.59. The van der Waals surface area contributed by atoms with E-state index in [2.05, 4.69) is 24.6 Å². The molecule has 0 amide bonds. The van der Waals surface area contributed by atoms with Crippen LogP contribution in [-0.4, -0.2) is 5.66 Å². The summed E-state index contributed by atoms with van der Waals surface area (Å²) in [5.41, 5.74) is 9.29. The second-order valence-corrected chi connectivity index (χ2v) is 3.70. The van der Waals surface area contributed by atoms with Crippen molar-refractivity contribution in [1.82, 2.24) is 10.7 Å². The van der Waals surface area contributed by atoms with E-state index in [0.717, 1.165) is 18.5 Å². The molecule has 12 heavy (non-hydrogen) atoms. The monoisotopic (exact) mass is 170 g/mol. The predicted octanol–water partition coefficient (Wildman–Crippen LogP) is -0.0145. The summed E-state index contributed by atoms with van der Waals surface area (Å²) in [4.78, 5) is 0. The fourth-order valence-electron chi connectivity index (χ4n) is 0.875. The zero-order chi connectivity index (χ0) is 9.19. The Morgan fingerprint density at radius 3 is 2.42 bits per heavy atom. The zero-order valence-corrected chi connectivity index (χ0v) is 7.72. The first kappa shape index (κ1) is 9.35. The molecule has 0 aliphatic heterocycles. The molecule has 0 radical (unpaired) electrons. The summed E-state index contributed by atoms with van der Waals surface area (Å²) in [7, 11) is 0. The van der Waals surface area contributed by atoms with Crippen molar-refractivity contribution in [3.05, 3.63) is 11.9 Å². The van der Waals surface area contributed by atoms with E-state index in [1.807, 2.05) is 6.20 Å². The molecule has 0 heterocycles. The van der Waals surface area contributed by atoms with E-state index in [-0.39, 0.29) is 5.66 Å². The maximum absolute atomic E-state index is 5.83. The summed E-state index contributed by atoms with van der Waals surface area (Å²) < 4.78 is 0. The Morgan fingerprint density at radius 2 is 2.08 bits per heavy atom. The van der Waals surface area contributed by atoms with Crippen LogP contribution < -0.4 is 22.3 Å². The van der Waals surface area contributed by atoms with Gasteiger partial charge in [-0.25, -0.2) is 0 Å². The molecule has 0 spiro atoms. The Morgan fingerprint density at radius 1 is 1.50 bits per heavy atom. The fraction of sp³-hybridized carbons (Fsp3) is 0.750. The third-order valence-electron chi connectivity index (χ3n) is 2.09. The lowest BCUT2D eigenvalue weighted by Crippen LogP contribution is -2.38. The molecule has 1 fully saturated rings. The molecule has 70 valence electrons. The van der Waals surface area contributed by atoms with Gasteiger partial charge in [-0.15, -0.1) is 0 Å². The number of nitrogens with two attached hydrogens (primary N) is 2. The molecule has 1 rings (SSSR count). The number of allylic oxidation sites excluding steroid dienone is 1. The molecular formula is C8H18N4. The summed E-state index contributed by atoms with van der Waals surface area (Å²) >= 11 is 0. The van der Waals surface area contributed by atoms with E-state index >= 15 is 0 Å². The molecule has 0 bridgehead atoms. The molecule has 1 saturated carbocycles. The van der Waals surface area contributed by atoms with Crippen molar-refractivity contribution in [2.45, 2.75) is 32.4 Å². The highest BCUT2D eigenvalue weighted by Gasteiger charge is 2.37. The van der Waals surface area contributed by atoms with Crippen LogP contribution >= 0.6 is 0 Å². The van der Waals surface area contributed by atoms with Gasteiger partial charge < -0.3 is 16.5 Å². The van der Waals surface area contributed by atoms with Crippen LogP contribution in [0.1, 0.15) is 26.7 Å². The molecule has 0 unspecified atom stereocenters. The lowest BCUT2D eigenvalue weighted by molar-refractivity contribution is 0.580. The molecular weight excluding hydrogens is 152 g/mol. The molecule has 0 aromatic rings. The van der Waals surface area contributed by atoms with Crippen molar-refractivity contribution >= 4 is 0 Å². The van der Waals surface area contributed by atoms with Gasteiger partial charge in [0.1, 0.15) is 0 Å². The standard InChI is InChI=1S/C8H18N4/c1-6(2)7(12-10)5-11-8(9)3-4-8/h5-6,11-12H,3-4,9-10H2,1-2H3. The van der Waals surface area contributed by atoms with Crippen molar-refractivity contribution in [1.29, 1.82) is 0 Å². The quantitative estimate of drug-likeness (QED) is 0.272. The van der Waals surface area contributed by atoms with Gasteiger partial charge in [0.25, 0.3) is 0 Å². The van der Waals surface area contributed by atoms with E-state index in [1.165, 1.54) is 0 Å². The zero-order valence-electron chi connectivity index (χ0n) is 7.72. The van der Waals surface area contributed by atoms with Crippen LogP contribution in [0.25, 0.3) is 0 Å². The molecule has 6 N–H and O–H groups in total. The van der Waals surface area contributed by atoms with Gasteiger partial charge in [0.15, 0.2) is 0 Å². The first-order valence-corrected chi connectivity index (χ1v) is 4.31. The minimum absolute atomic E-state index is 0.156. The first-order chi connectivity index (χ1) is 5.57. The van der Waals surface area contributed by atoms with Crippen molar-refractivity contribution < 1.29 is 0 Å². The molecule has 4 heteroatoms. The highest BCUT2D eigenvalue weighted by Crippen LogP contribution is 2.28. The number of nitrogens with one attached hydrogen (secondary N) is 2. The van der Waals surface area contributed by atoms with Gasteiger partial charge in [0.2, 0.25) is 0 Å². The topological polar surface area (TPSA) is 76.1 Å². The molecule has 1 aliphatic rings. The largest absolute Gasteiger partial charge is 0.372 e. The SMILES string of the molecule is CC(C)C(=CNC1(N)CC1)NN. The molecule has 0 aromatic carbocycles. The first-order valence-electron chi connectivity index (χ1n) is 4.31. The van der Waals surface area contributed by atoms with Gasteiger partial charge in [-0.1, -0.05) is 13.8 Å². The minimum atomic E-state index is -0.156. The summed E-state index contributed by atoms with van der Waals surface area (Å²) in [6, 6.07) is 0. The second-order valence-electron chi connectivity index (χ2n) is 3.70. The molecule has 0 saturated heterocycles. The van der Waals surface area contributed by atoms with Crippen molar-refractivity contribution in [3.8, 4) is 0 Å². The Balaban J connectivity index is 2.41. The highest BCUT2D eigenvalue weighted by molar-refractivity contribution is 5.06. The van der Waals surface area contributed by atoms with Gasteiger partial charge in [0, 0.05) is 11.9 Å². The Bertz CT molecular complexity index is 181. The predicted molar refractivity (Wildman–Crippen MR) is 49.5 cm³/mol. The highest BCUT2D eigenvalue weighted by atomic mass is 15.2. The van der Waals surface area contributed by atoms with Crippen LogP contribution in [0.3, 0.4) is 0 Å². The van der Waals surface area contributed by atoms with Crippen LogP contribution in [0, 0.1) is 5.92 Å². The van der Waals surface area contributed by atoms with Gasteiger partial charge in [0.05, 0.1) is 5.66 Å². The average molecular weight is 170 g/mol. The third-order valence-corrected chi connectivity index (χ3v) is 2.09. The van der Waals surface area contributed by atoms with E-state index in [0.29, 0.717) is 5.92 Å². The van der Waals surface area contributed by atoms with E-state index < -0.39 is 0 Å². The Hall–Kier alpha value is -0.740. The summed E-state index contributed by atoms with van der Waals surface area (Å²) in [6.45, 7) is 4.15. The van der Waals surface area contributed by atoms with Crippen molar-refractivity contribution in [2.75, 3.05) is 0 Å². The molecule has 1 aliphatic carbocycles. The van der Waals surface area contributed by atoms with Crippen molar-refractivity contribution in [3.63, 3.8) is 0 Å². The van der Waals surface area contributed by atoms with Gasteiger partial charge in [-0.05, 0) is 18.8 Å². The van der Waals surface area contributed by atoms with Crippen LogP contribution in [0.2, 0.25) is 0 Å². The fourth-order valence-corrected chi connectivity index (χ4v) is 0.875. The van der Waals surface area contributed by atoms with Crippen LogP contribution in [0.4, 0.5) is 0 Å². The maximum atomic E-state index is 5.83. The lowest BCUT2D eigenvalue weighted by atomic mass is 10.1. The van der Waals surface area contributed by atoms with Crippen LogP contribution in [0.5, 0.6) is 0 Å². The lowest BCUT2D eigenvalue weighted by Gasteiger charge is -2.14. The van der Waals surface area contributed by atoms with Gasteiger partial charge in [-0.2, -0.15) is 0 Å². The smallest absolute Gasteiger partial charge is 0.0855 e. The second kappa shape index (κ2) is 3.33. The van der Waals surface area contributed by atoms with Crippen LogP contribution in [-0.2, 0) is 0 Å². The summed E-state index contributed by atoms with van der Waals surface area (Å²) in [5, 5.41) is 3.14. The minimum Gasteiger partial charge on any atom is -0.372 e. The van der Waals surface area contributed by atoms with Gasteiger partial charge in [-0.3, -0.25) is 5.84 Å². The third kappa shape index (κ3) is 2.39. The number of rotatable bonds is 4. The maximum Gasteiger partial charge on any atom is 0.0855 e. The average Bonchev–Trinajstić information content (AvgIpc) is 2.69.